The molecule has 2 aromatic carbocycles. The van der Waals surface area contributed by atoms with Gasteiger partial charge in [0.1, 0.15) is 26.8 Å². The highest BCUT2D eigenvalue weighted by atomic mass is 35.5. The third kappa shape index (κ3) is 17.6. The molecule has 0 amide bonds. The van der Waals surface area contributed by atoms with Crippen LogP contribution in [-0.2, 0) is 74.4 Å². The SMILES string of the molecule is CCN1/C(=C/C=C2\CCCC(/C=C/C3=[N+](CCCCCC(=O)O)c4ccc(S(=O)(=O)[O-])cc4C3(C)CCOCCOCCOCCOCCOCCOC)=C2Cl)C(C)(CCCS(=O)(=O)[O-])c2cc(S(=O)(=O)[O-])ccc21. The zero-order valence-corrected chi connectivity index (χ0v) is 46.4. The molecule has 0 fully saturated rings. The molecule has 3 aliphatic rings. The van der Waals surface area contributed by atoms with E-state index in [0.29, 0.717) is 144 Å². The fraction of sp³-hybridized carbons (Fsp3) is 0.577. The molecule has 75 heavy (non-hydrogen) atoms. The number of anilines is 1. The van der Waals surface area contributed by atoms with E-state index in [9.17, 15) is 48.8 Å². The van der Waals surface area contributed by atoms with Crippen LogP contribution in [0.2, 0.25) is 0 Å². The van der Waals surface area contributed by atoms with Crippen LogP contribution in [0, 0.1) is 0 Å². The smallest absolute Gasteiger partial charge is 0.303 e. The Hall–Kier alpha value is -3.88. The summed E-state index contributed by atoms with van der Waals surface area (Å²) in [7, 11) is -12.6. The van der Waals surface area contributed by atoms with Gasteiger partial charge in [-0.1, -0.05) is 23.8 Å². The van der Waals surface area contributed by atoms with E-state index in [1.807, 2.05) is 50.0 Å². The van der Waals surface area contributed by atoms with Crippen molar-refractivity contribution in [3.05, 3.63) is 93.7 Å². The molecule has 0 radical (unpaired) electrons. The van der Waals surface area contributed by atoms with E-state index in [4.69, 9.17) is 40.0 Å². The van der Waals surface area contributed by atoms with Crippen LogP contribution >= 0.6 is 11.6 Å². The number of carboxylic acids is 1. The molecule has 2 aliphatic heterocycles. The van der Waals surface area contributed by atoms with Gasteiger partial charge in [0.2, 0.25) is 5.69 Å². The van der Waals surface area contributed by atoms with Crippen molar-refractivity contribution in [3.63, 3.8) is 0 Å². The topological polar surface area (TPSA) is 271 Å². The molecule has 0 saturated heterocycles. The van der Waals surface area contributed by atoms with Gasteiger partial charge in [-0.25, -0.2) is 25.3 Å². The van der Waals surface area contributed by atoms with Gasteiger partial charge in [0.25, 0.3) is 0 Å². The number of halogens is 1. The molecule has 0 saturated carbocycles. The van der Waals surface area contributed by atoms with Crippen molar-refractivity contribution in [3.8, 4) is 0 Å². The lowest BCUT2D eigenvalue weighted by atomic mass is 9.76. The van der Waals surface area contributed by atoms with Crippen molar-refractivity contribution in [2.45, 2.75) is 106 Å². The molecule has 1 N–H and O–H groups in total. The van der Waals surface area contributed by atoms with E-state index in [0.717, 1.165) is 23.3 Å². The van der Waals surface area contributed by atoms with Gasteiger partial charge in [0.05, 0.1) is 91.4 Å². The minimum atomic E-state index is -4.83. The number of nitrogens with zero attached hydrogens (tertiary/aromatic N) is 2. The Morgan fingerprint density at radius 1 is 0.720 bits per heavy atom. The summed E-state index contributed by atoms with van der Waals surface area (Å²) >= 11 is 7.27. The van der Waals surface area contributed by atoms with Crippen LogP contribution in [0.15, 0.2) is 92.4 Å². The lowest BCUT2D eigenvalue weighted by Gasteiger charge is -2.30. The summed E-state index contributed by atoms with van der Waals surface area (Å²) in [6.07, 6.45) is 11.8. The lowest BCUT2D eigenvalue weighted by molar-refractivity contribution is -0.438. The van der Waals surface area contributed by atoms with Gasteiger partial charge in [0.15, 0.2) is 5.71 Å². The summed E-state index contributed by atoms with van der Waals surface area (Å²) < 4.78 is 144. The second kappa shape index (κ2) is 28.7. The van der Waals surface area contributed by atoms with Crippen LogP contribution < -0.4 is 4.90 Å². The molecule has 2 atom stereocenters. The van der Waals surface area contributed by atoms with Gasteiger partial charge in [-0.05, 0) is 125 Å². The third-order valence-electron chi connectivity index (χ3n) is 13.7. The van der Waals surface area contributed by atoms with Gasteiger partial charge in [-0.2, -0.15) is 4.58 Å². The van der Waals surface area contributed by atoms with Crippen molar-refractivity contribution in [2.24, 2.45) is 0 Å². The third-order valence-corrected chi connectivity index (χ3v) is 16.6. The Labute approximate surface area is 447 Å². The molecule has 418 valence electrons. The number of carboxylic acid groups (broad SMARTS) is 1. The molecule has 0 aromatic heterocycles. The van der Waals surface area contributed by atoms with Gasteiger partial charge in [-0.15, -0.1) is 0 Å². The highest BCUT2D eigenvalue weighted by molar-refractivity contribution is 7.86. The first kappa shape index (κ1) is 62.0. The van der Waals surface area contributed by atoms with Gasteiger partial charge >= 0.3 is 5.97 Å². The number of fused-ring (bicyclic) bond motifs is 2. The van der Waals surface area contributed by atoms with Gasteiger partial charge in [-0.3, -0.25) is 4.79 Å². The van der Waals surface area contributed by atoms with Gasteiger partial charge < -0.3 is 52.1 Å². The van der Waals surface area contributed by atoms with Crippen LogP contribution in [0.1, 0.15) is 96.1 Å². The van der Waals surface area contributed by atoms with E-state index >= 15 is 0 Å². The van der Waals surface area contributed by atoms with E-state index < -0.39 is 57.8 Å². The fourth-order valence-electron chi connectivity index (χ4n) is 9.77. The molecule has 2 heterocycles. The quantitative estimate of drug-likeness (QED) is 0.0429. The molecule has 23 heteroatoms. The van der Waals surface area contributed by atoms with E-state index in [1.165, 1.54) is 24.3 Å². The summed E-state index contributed by atoms with van der Waals surface area (Å²) in [6.45, 7) is 10.9. The molecule has 1 aliphatic carbocycles. The minimum absolute atomic E-state index is 0.0192. The van der Waals surface area contributed by atoms with E-state index in [2.05, 4.69) is 4.58 Å². The summed E-state index contributed by atoms with van der Waals surface area (Å²) in [5.74, 6) is -1.52. The monoisotopic (exact) mass is 1130 g/mol. The zero-order chi connectivity index (χ0) is 54.9. The van der Waals surface area contributed by atoms with Crippen molar-refractivity contribution in [2.75, 3.05) is 104 Å². The molecule has 2 aromatic rings. The number of allylic oxidation sites excluding steroid dienone is 8. The summed E-state index contributed by atoms with van der Waals surface area (Å²) in [5.41, 5.74) is 3.72. The molecule has 2 unspecified atom stereocenters. The number of benzene rings is 2. The predicted octanol–water partition coefficient (Wildman–Crippen LogP) is 6.78. The molecule has 19 nitrogen and oxygen atoms in total. The number of rotatable bonds is 34. The minimum Gasteiger partial charge on any atom is -0.748 e. The number of aliphatic carboxylic acids is 1. The first-order valence-electron chi connectivity index (χ1n) is 25.2. The van der Waals surface area contributed by atoms with Crippen molar-refractivity contribution < 1.29 is 81.8 Å². The van der Waals surface area contributed by atoms with Crippen LogP contribution in [0.4, 0.5) is 11.4 Å². The summed E-state index contributed by atoms with van der Waals surface area (Å²) in [6, 6.07) is 8.49. The summed E-state index contributed by atoms with van der Waals surface area (Å²) in [5, 5.41) is 9.77. The lowest BCUT2D eigenvalue weighted by Crippen LogP contribution is -2.33. The number of unbranched alkanes of at least 4 members (excludes halogenated alkanes) is 2. The number of carbonyl (C=O) groups is 1. The Kier molecular flexibility index (Phi) is 23.7. The molecule has 0 spiro atoms. The normalized spacial score (nSPS) is 20.3. The Balaban J connectivity index is 1.40. The van der Waals surface area contributed by atoms with Crippen LogP contribution in [0.3, 0.4) is 0 Å². The number of likely N-dealkylation sites (N-methyl/N-ethyl adjacent to an activating group) is 1. The molecular formula is C52H71ClN2O17S3-2. The van der Waals surface area contributed by atoms with Crippen molar-refractivity contribution in [1.82, 2.24) is 0 Å². The summed E-state index contributed by atoms with van der Waals surface area (Å²) in [4.78, 5) is 12.5. The highest BCUT2D eigenvalue weighted by Gasteiger charge is 2.48. The van der Waals surface area contributed by atoms with Crippen LogP contribution in [-0.4, -0.2) is 159 Å². The van der Waals surface area contributed by atoms with Gasteiger partial charge in [0, 0.05) is 78.4 Å². The average Bonchev–Trinajstić information content (AvgIpc) is 3.72. The standard InChI is InChI=1S/C52H73ClN2O17S3/c1-5-54-45-18-16-41(74(61,62)63)37-43(45)51(2,22-10-36-73(58,59)60)47(54)20-14-39-11-9-12-40(50(39)53)15-21-48-52(3,23-25-68-28-29-70-32-33-72-35-34-71-31-30-69-27-26-67-4)44-38-42(75(64,65)66)17-19-46(44)55(48)24-8-6-7-13-49(56)57/h14-21,37-38H,5-13,22-36H2,1-4H3,(H3-,56,57,58,59,60,61,62,63,64,65,66)/p-2. The Bertz CT molecular complexity index is 2790. The second-order valence-corrected chi connectivity index (χ2v) is 23.5. The first-order valence-corrected chi connectivity index (χ1v) is 30.0. The van der Waals surface area contributed by atoms with Crippen LogP contribution in [0.25, 0.3) is 0 Å². The first-order chi connectivity index (χ1) is 35.5. The number of hydrogen-bond acceptors (Lipinski definition) is 17. The Morgan fingerprint density at radius 2 is 1.29 bits per heavy atom. The number of methoxy groups -OCH3 is 1. The number of ether oxygens (including phenoxy) is 6. The molecule has 5 rings (SSSR count). The maximum Gasteiger partial charge on any atom is 0.303 e. The predicted molar refractivity (Wildman–Crippen MR) is 279 cm³/mol. The van der Waals surface area contributed by atoms with E-state index in [-0.39, 0.29) is 37.4 Å². The van der Waals surface area contributed by atoms with Crippen molar-refractivity contribution in [1.29, 1.82) is 0 Å². The average molecular weight is 1130 g/mol. The molecular weight excluding hydrogens is 1060 g/mol. The van der Waals surface area contributed by atoms with Crippen LogP contribution in [0.5, 0.6) is 0 Å². The van der Waals surface area contributed by atoms with Crippen molar-refractivity contribution >= 4 is 65.0 Å². The zero-order valence-electron chi connectivity index (χ0n) is 43.2. The fourth-order valence-corrected chi connectivity index (χ4v) is 11.6. The van der Waals surface area contributed by atoms with E-state index in [1.54, 1.807) is 19.2 Å². The second-order valence-electron chi connectivity index (χ2n) is 18.9. The maximum absolute atomic E-state index is 12.4. The largest absolute Gasteiger partial charge is 0.748 e. The maximum atomic E-state index is 12.4. The molecule has 0 bridgehead atoms. The highest BCUT2D eigenvalue weighted by Crippen LogP contribution is 2.51. The Morgan fingerprint density at radius 3 is 1.85 bits per heavy atom. The number of hydrogen-bond donors (Lipinski definition) is 1.